The summed E-state index contributed by atoms with van der Waals surface area (Å²) in [6, 6.07) is 8.82. The van der Waals surface area contributed by atoms with Crippen LogP contribution in [0.15, 0.2) is 42.7 Å². The highest BCUT2D eigenvalue weighted by molar-refractivity contribution is 5.96. The fraction of sp³-hybridized carbons (Fsp3) is 0.381. The summed E-state index contributed by atoms with van der Waals surface area (Å²) in [6.07, 6.45) is 3.39. The number of para-hydroxylation sites is 1. The smallest absolute Gasteiger partial charge is 0.408 e. The lowest BCUT2D eigenvalue weighted by Gasteiger charge is -2.23. The van der Waals surface area contributed by atoms with E-state index < -0.39 is 17.7 Å². The van der Waals surface area contributed by atoms with Crippen LogP contribution in [0.2, 0.25) is 0 Å². The lowest BCUT2D eigenvalue weighted by Crippen LogP contribution is -2.47. The molecule has 3 aromatic rings. The Hall–Kier alpha value is -3.29. The minimum Gasteiger partial charge on any atom is -0.444 e. The molecule has 8 heteroatoms. The van der Waals surface area contributed by atoms with Crippen LogP contribution in [0.1, 0.15) is 26.3 Å². The number of nitrogens with one attached hydrogen (secondary N) is 2. The molecule has 2 heterocycles. The summed E-state index contributed by atoms with van der Waals surface area (Å²) >= 11 is 0. The van der Waals surface area contributed by atoms with Crippen LogP contribution in [-0.2, 0) is 30.0 Å². The summed E-state index contributed by atoms with van der Waals surface area (Å²) in [5, 5.41) is 10.7. The van der Waals surface area contributed by atoms with Crippen LogP contribution in [0.4, 0.5) is 10.6 Å². The normalized spacial score (nSPS) is 12.6. The summed E-state index contributed by atoms with van der Waals surface area (Å²) in [5.74, 6) is 0.0638. The Bertz CT molecular complexity index is 1030. The molecule has 0 aliphatic rings. The van der Waals surface area contributed by atoms with Crippen molar-refractivity contribution in [3.63, 3.8) is 0 Å². The zero-order chi connectivity index (χ0) is 21.2. The van der Waals surface area contributed by atoms with E-state index in [9.17, 15) is 9.59 Å². The molecule has 0 aliphatic carbocycles. The largest absolute Gasteiger partial charge is 0.444 e. The van der Waals surface area contributed by atoms with Gasteiger partial charge in [-0.25, -0.2) is 4.79 Å². The molecule has 3 rings (SSSR count). The number of ether oxygens (including phenoxy) is 1. The van der Waals surface area contributed by atoms with Gasteiger partial charge in [0.25, 0.3) is 0 Å². The van der Waals surface area contributed by atoms with Gasteiger partial charge >= 0.3 is 6.09 Å². The summed E-state index contributed by atoms with van der Waals surface area (Å²) in [6.45, 7) is 5.33. The SMILES string of the molecule is Cn1ccc(NC(=O)[C@H](Cc2cn(C)c3ccccc23)NC(=O)OC(C)(C)C)n1. The number of aryl methyl sites for hydroxylation is 2. The zero-order valence-electron chi connectivity index (χ0n) is 17.4. The summed E-state index contributed by atoms with van der Waals surface area (Å²) in [4.78, 5) is 25.3. The van der Waals surface area contributed by atoms with Crippen molar-refractivity contribution < 1.29 is 14.3 Å². The second-order valence-electron chi connectivity index (χ2n) is 8.05. The minimum absolute atomic E-state index is 0.319. The van der Waals surface area contributed by atoms with E-state index in [1.165, 1.54) is 0 Å². The Morgan fingerprint density at radius 2 is 1.90 bits per heavy atom. The van der Waals surface area contributed by atoms with Gasteiger partial charge in [0.2, 0.25) is 5.91 Å². The fourth-order valence-electron chi connectivity index (χ4n) is 3.16. The molecule has 1 aromatic carbocycles. The van der Waals surface area contributed by atoms with E-state index in [-0.39, 0.29) is 5.91 Å². The Morgan fingerprint density at radius 3 is 2.55 bits per heavy atom. The maximum Gasteiger partial charge on any atom is 0.408 e. The molecule has 8 nitrogen and oxygen atoms in total. The van der Waals surface area contributed by atoms with Crippen LogP contribution in [0, 0.1) is 0 Å². The van der Waals surface area contributed by atoms with Crippen molar-refractivity contribution in [1.29, 1.82) is 0 Å². The summed E-state index contributed by atoms with van der Waals surface area (Å²) < 4.78 is 8.95. The highest BCUT2D eigenvalue weighted by Gasteiger charge is 2.26. The predicted molar refractivity (Wildman–Crippen MR) is 112 cm³/mol. The molecule has 1 atom stereocenters. The standard InChI is InChI=1S/C21H27N5O3/c1-21(2,3)29-20(28)22-16(19(27)23-18-10-11-26(5)24-18)12-14-13-25(4)17-9-7-6-8-15(14)17/h6-11,13,16H,12H2,1-5H3,(H,22,28)(H,23,24,27)/t16-/m0/s1. The zero-order valence-corrected chi connectivity index (χ0v) is 17.4. The first kappa shape index (κ1) is 20.4. The quantitative estimate of drug-likeness (QED) is 0.693. The number of nitrogens with zero attached hydrogens (tertiary/aromatic N) is 3. The Labute approximate surface area is 169 Å². The number of hydrogen-bond donors (Lipinski definition) is 2. The maximum absolute atomic E-state index is 12.9. The monoisotopic (exact) mass is 397 g/mol. The van der Waals surface area contributed by atoms with Crippen LogP contribution >= 0.6 is 0 Å². The van der Waals surface area contributed by atoms with Crippen LogP contribution in [0.25, 0.3) is 10.9 Å². The Balaban J connectivity index is 1.84. The van der Waals surface area contributed by atoms with Crippen molar-refractivity contribution in [2.45, 2.75) is 38.8 Å². The highest BCUT2D eigenvalue weighted by Crippen LogP contribution is 2.22. The molecule has 154 valence electrons. The molecule has 2 aromatic heterocycles. The second-order valence-corrected chi connectivity index (χ2v) is 8.05. The topological polar surface area (TPSA) is 90.2 Å². The molecular weight excluding hydrogens is 370 g/mol. The number of carbonyl (C=O) groups excluding carboxylic acids is 2. The van der Waals surface area contributed by atoms with E-state index in [1.807, 2.05) is 42.1 Å². The molecule has 2 amide bonds. The first-order chi connectivity index (χ1) is 13.6. The number of hydrogen-bond acceptors (Lipinski definition) is 4. The van der Waals surface area contributed by atoms with Crippen LogP contribution in [0.5, 0.6) is 0 Å². The van der Waals surface area contributed by atoms with Crippen molar-refractivity contribution in [2.75, 3.05) is 5.32 Å². The van der Waals surface area contributed by atoms with Crippen LogP contribution in [-0.4, -0.2) is 38.0 Å². The molecule has 0 aliphatic heterocycles. The third-order valence-corrected chi connectivity index (χ3v) is 4.38. The van der Waals surface area contributed by atoms with E-state index >= 15 is 0 Å². The lowest BCUT2D eigenvalue weighted by atomic mass is 10.0. The molecule has 0 bridgehead atoms. The van der Waals surface area contributed by atoms with Gasteiger partial charge in [-0.1, -0.05) is 18.2 Å². The number of anilines is 1. The molecule has 0 unspecified atom stereocenters. The number of rotatable bonds is 5. The molecule has 0 fully saturated rings. The van der Waals surface area contributed by atoms with E-state index in [0.29, 0.717) is 12.2 Å². The minimum atomic E-state index is -0.822. The van der Waals surface area contributed by atoms with E-state index in [0.717, 1.165) is 16.5 Å². The molecule has 2 N–H and O–H groups in total. The molecule has 0 radical (unpaired) electrons. The van der Waals surface area contributed by atoms with E-state index in [2.05, 4.69) is 15.7 Å². The first-order valence-corrected chi connectivity index (χ1v) is 9.45. The Kier molecular flexibility index (Phi) is 5.63. The average Bonchev–Trinajstić information content (AvgIpc) is 3.16. The van der Waals surface area contributed by atoms with E-state index in [1.54, 1.807) is 44.8 Å². The number of carbonyl (C=O) groups is 2. The molecule has 0 spiro atoms. The van der Waals surface area contributed by atoms with Gasteiger partial charge < -0.3 is 19.9 Å². The van der Waals surface area contributed by atoms with Gasteiger partial charge in [0.1, 0.15) is 11.6 Å². The maximum atomic E-state index is 12.9. The highest BCUT2D eigenvalue weighted by atomic mass is 16.6. The summed E-state index contributed by atoms with van der Waals surface area (Å²) in [7, 11) is 3.72. The van der Waals surface area contributed by atoms with Crippen molar-refractivity contribution in [1.82, 2.24) is 19.7 Å². The van der Waals surface area contributed by atoms with Gasteiger partial charge in [-0.15, -0.1) is 0 Å². The van der Waals surface area contributed by atoms with Gasteiger partial charge in [-0.2, -0.15) is 5.10 Å². The number of aromatic nitrogens is 3. The number of benzene rings is 1. The second kappa shape index (κ2) is 7.98. The van der Waals surface area contributed by atoms with Crippen LogP contribution in [0.3, 0.4) is 0 Å². The lowest BCUT2D eigenvalue weighted by molar-refractivity contribution is -0.118. The van der Waals surface area contributed by atoms with Crippen molar-refractivity contribution in [2.24, 2.45) is 14.1 Å². The molecular formula is C21H27N5O3. The van der Waals surface area contributed by atoms with Gasteiger partial charge in [0, 0.05) is 49.9 Å². The number of alkyl carbamates (subject to hydrolysis) is 1. The third kappa shape index (κ3) is 5.16. The van der Waals surface area contributed by atoms with Gasteiger partial charge in [0.05, 0.1) is 0 Å². The van der Waals surface area contributed by atoms with Gasteiger partial charge in [-0.3, -0.25) is 9.48 Å². The predicted octanol–water partition coefficient (Wildman–Crippen LogP) is 2.99. The average molecular weight is 397 g/mol. The van der Waals surface area contributed by atoms with Crippen molar-refractivity contribution >= 4 is 28.7 Å². The van der Waals surface area contributed by atoms with Gasteiger partial charge in [0.15, 0.2) is 5.82 Å². The van der Waals surface area contributed by atoms with Gasteiger partial charge in [-0.05, 0) is 32.4 Å². The molecule has 0 saturated heterocycles. The molecule has 0 saturated carbocycles. The Morgan fingerprint density at radius 1 is 1.17 bits per heavy atom. The first-order valence-electron chi connectivity index (χ1n) is 9.45. The number of fused-ring (bicyclic) bond motifs is 1. The van der Waals surface area contributed by atoms with Crippen LogP contribution < -0.4 is 10.6 Å². The number of amides is 2. The summed E-state index contributed by atoms with van der Waals surface area (Å²) in [5.41, 5.74) is 1.36. The van der Waals surface area contributed by atoms with Crippen molar-refractivity contribution in [3.8, 4) is 0 Å². The molecule has 29 heavy (non-hydrogen) atoms. The fourth-order valence-corrected chi connectivity index (χ4v) is 3.16. The third-order valence-electron chi connectivity index (χ3n) is 4.38. The van der Waals surface area contributed by atoms with E-state index in [4.69, 9.17) is 4.74 Å². The van der Waals surface area contributed by atoms with Crippen molar-refractivity contribution in [3.05, 3.63) is 48.3 Å².